The van der Waals surface area contributed by atoms with Crippen LogP contribution in [0.1, 0.15) is 6.92 Å². The normalized spacial score (nSPS) is 25.4. The van der Waals surface area contributed by atoms with Gasteiger partial charge in [0.2, 0.25) is 0 Å². The number of carboxylic acids is 1. The van der Waals surface area contributed by atoms with Gasteiger partial charge in [0.15, 0.2) is 5.08 Å². The Morgan fingerprint density at radius 2 is 2.64 bits per heavy atom. The fourth-order valence-electron chi connectivity index (χ4n) is 0.609. The summed E-state index contributed by atoms with van der Waals surface area (Å²) < 4.78 is 3.00. The Labute approximate surface area is 72.7 Å². The lowest BCUT2D eigenvalue weighted by molar-refractivity contribution is -0.138. The lowest BCUT2D eigenvalue weighted by atomic mass is 10.4. The van der Waals surface area contributed by atoms with Crippen LogP contribution in [0.3, 0.4) is 0 Å². The van der Waals surface area contributed by atoms with Crippen LogP contribution in [0.15, 0.2) is 10.8 Å². The van der Waals surface area contributed by atoms with Crippen LogP contribution in [0.5, 0.6) is 0 Å². The highest BCUT2D eigenvalue weighted by Crippen LogP contribution is 2.18. The minimum Gasteiger partial charge on any atom is -0.480 e. The van der Waals surface area contributed by atoms with Crippen LogP contribution in [0, 0.1) is 0 Å². The first kappa shape index (κ1) is 8.96. The molecule has 1 rings (SSSR count). The van der Waals surface area contributed by atoms with Gasteiger partial charge in [-0.2, -0.15) is 0 Å². The largest absolute Gasteiger partial charge is 0.480 e. The molecule has 0 aromatic rings. The summed E-state index contributed by atoms with van der Waals surface area (Å²) >= 11 is 1.69. The zero-order chi connectivity index (χ0) is 8.27. The van der Waals surface area contributed by atoms with Crippen LogP contribution < -0.4 is 4.72 Å². The third-order valence-corrected chi connectivity index (χ3v) is 4.39. The molecule has 0 amide bonds. The van der Waals surface area contributed by atoms with Crippen LogP contribution in [0.4, 0.5) is 0 Å². The highest BCUT2D eigenvalue weighted by atomic mass is 32.3. The molecule has 5 heteroatoms. The van der Waals surface area contributed by atoms with Crippen LogP contribution >= 0.6 is 11.8 Å². The second-order valence-corrected chi connectivity index (χ2v) is 5.08. The Bertz CT molecular complexity index is 183. The second-order valence-electron chi connectivity index (χ2n) is 2.16. The first-order valence-corrected chi connectivity index (χ1v) is 5.67. The van der Waals surface area contributed by atoms with Crippen molar-refractivity contribution in [3.8, 4) is 0 Å². The standard InChI is InChI=1S/C6H9NO2S2/c1-5(6(8)9)7-11-3-2-10-4-11/h2-3,5,7H,4H2,1H3/p+1/t5-,11?/m0/s1. The molecule has 0 aromatic carbocycles. The minimum absolute atomic E-state index is 0.0264. The molecular weight excluding hydrogens is 182 g/mol. The van der Waals surface area contributed by atoms with Crippen LogP contribution in [-0.4, -0.2) is 22.2 Å². The molecule has 0 aliphatic carbocycles. The summed E-state index contributed by atoms with van der Waals surface area (Å²) in [6.07, 6.45) is 0. The molecule has 2 atom stereocenters. The van der Waals surface area contributed by atoms with Crippen molar-refractivity contribution in [3.63, 3.8) is 0 Å². The average Bonchev–Trinajstić information content (AvgIpc) is 2.39. The minimum atomic E-state index is -0.789. The van der Waals surface area contributed by atoms with Crippen molar-refractivity contribution in [2.24, 2.45) is 0 Å². The molecule has 2 N–H and O–H groups in total. The Morgan fingerprint density at radius 1 is 1.91 bits per heavy atom. The summed E-state index contributed by atoms with van der Waals surface area (Å²) in [5.74, 6) is -0.789. The van der Waals surface area contributed by atoms with Crippen LogP contribution in [0.2, 0.25) is 0 Å². The Kier molecular flexibility index (Phi) is 3.29. The predicted octanol–water partition coefficient (Wildman–Crippen LogP) is 0.758. The molecule has 3 nitrogen and oxygen atoms in total. The van der Waals surface area contributed by atoms with Gasteiger partial charge >= 0.3 is 5.97 Å². The number of carboxylic acid groups (broad SMARTS) is 1. The molecule has 0 spiro atoms. The number of aliphatic carboxylic acids is 1. The maximum absolute atomic E-state index is 10.4. The molecule has 0 saturated carbocycles. The van der Waals surface area contributed by atoms with E-state index in [9.17, 15) is 4.79 Å². The lowest BCUT2D eigenvalue weighted by Crippen LogP contribution is -2.37. The Morgan fingerprint density at radius 3 is 3.09 bits per heavy atom. The van der Waals surface area contributed by atoms with Crippen LogP contribution in [-0.2, 0) is 15.9 Å². The van der Waals surface area contributed by atoms with Crippen molar-refractivity contribution >= 4 is 28.8 Å². The summed E-state index contributed by atoms with van der Waals surface area (Å²) in [7, 11) is 0. The van der Waals surface area contributed by atoms with E-state index in [-0.39, 0.29) is 11.1 Å². The maximum atomic E-state index is 10.4. The van der Waals surface area contributed by atoms with E-state index in [4.69, 9.17) is 5.11 Å². The van der Waals surface area contributed by atoms with Gasteiger partial charge in [0.1, 0.15) is 22.5 Å². The molecule has 0 radical (unpaired) electrons. The number of nitrogens with one attached hydrogen (secondary N) is 1. The topological polar surface area (TPSA) is 49.3 Å². The monoisotopic (exact) mass is 192 g/mol. The van der Waals surface area contributed by atoms with E-state index >= 15 is 0 Å². The Balaban J connectivity index is 2.29. The molecule has 62 valence electrons. The highest BCUT2D eigenvalue weighted by Gasteiger charge is 2.25. The third-order valence-electron chi connectivity index (χ3n) is 1.21. The zero-order valence-electron chi connectivity index (χ0n) is 6.11. The Hall–Kier alpha value is -0.130. The SMILES string of the molecule is C[C@H](N[S+]1C=CSC1)C(=O)O. The molecular formula is C6H10NO2S2+. The number of rotatable bonds is 3. The molecule has 0 saturated heterocycles. The van der Waals surface area contributed by atoms with Gasteiger partial charge in [-0.05, 0) is 6.92 Å². The summed E-state index contributed by atoms with van der Waals surface area (Å²) in [6.45, 7) is 1.66. The van der Waals surface area contributed by atoms with Crippen molar-refractivity contribution in [3.05, 3.63) is 10.8 Å². The van der Waals surface area contributed by atoms with Gasteiger partial charge in [-0.25, -0.2) is 0 Å². The van der Waals surface area contributed by atoms with Crippen LogP contribution in [0.25, 0.3) is 0 Å². The number of hydrogen-bond acceptors (Lipinski definition) is 3. The molecule has 1 unspecified atom stereocenters. The third kappa shape index (κ3) is 2.76. The molecule has 1 aliphatic heterocycles. The number of hydrogen-bond donors (Lipinski definition) is 2. The van der Waals surface area contributed by atoms with Gasteiger partial charge in [0, 0.05) is 5.41 Å². The molecule has 11 heavy (non-hydrogen) atoms. The van der Waals surface area contributed by atoms with Crippen molar-refractivity contribution < 1.29 is 9.90 Å². The molecule has 0 aromatic heterocycles. The van der Waals surface area contributed by atoms with E-state index < -0.39 is 12.0 Å². The van der Waals surface area contributed by atoms with Crippen molar-refractivity contribution in [2.75, 3.05) is 5.08 Å². The quantitative estimate of drug-likeness (QED) is 0.648. The molecule has 1 heterocycles. The summed E-state index contributed by atoms with van der Waals surface area (Å²) in [5, 5.41) is 13.5. The van der Waals surface area contributed by atoms with Crippen molar-refractivity contribution in [1.29, 1.82) is 0 Å². The fourth-order valence-corrected chi connectivity index (χ4v) is 3.58. The summed E-state index contributed by atoms with van der Waals surface area (Å²) in [4.78, 5) is 10.4. The molecule has 1 aliphatic rings. The van der Waals surface area contributed by atoms with Gasteiger partial charge in [0.25, 0.3) is 0 Å². The smallest absolute Gasteiger partial charge is 0.324 e. The maximum Gasteiger partial charge on any atom is 0.324 e. The first-order valence-electron chi connectivity index (χ1n) is 3.17. The van der Waals surface area contributed by atoms with Crippen molar-refractivity contribution in [2.45, 2.75) is 13.0 Å². The van der Waals surface area contributed by atoms with E-state index in [2.05, 4.69) is 4.72 Å². The second kappa shape index (κ2) is 4.04. The van der Waals surface area contributed by atoms with E-state index in [1.54, 1.807) is 18.7 Å². The molecule has 0 fully saturated rings. The summed E-state index contributed by atoms with van der Waals surface area (Å²) in [5.41, 5.74) is 0. The van der Waals surface area contributed by atoms with Gasteiger partial charge in [-0.3, -0.25) is 4.79 Å². The van der Waals surface area contributed by atoms with Gasteiger partial charge in [-0.1, -0.05) is 11.8 Å². The zero-order valence-corrected chi connectivity index (χ0v) is 7.74. The predicted molar refractivity (Wildman–Crippen MR) is 49.2 cm³/mol. The number of carbonyl (C=O) groups is 1. The molecule has 0 bridgehead atoms. The summed E-state index contributed by atoms with van der Waals surface area (Å²) in [6, 6.07) is -0.443. The fraction of sp³-hybridized carbons (Fsp3) is 0.500. The van der Waals surface area contributed by atoms with Gasteiger partial charge in [-0.15, -0.1) is 4.72 Å². The van der Waals surface area contributed by atoms with E-state index in [0.29, 0.717) is 0 Å². The average molecular weight is 192 g/mol. The van der Waals surface area contributed by atoms with Gasteiger partial charge in [0.05, 0.1) is 0 Å². The highest BCUT2D eigenvalue weighted by molar-refractivity contribution is 8.19. The first-order chi connectivity index (χ1) is 5.20. The van der Waals surface area contributed by atoms with E-state index in [0.717, 1.165) is 5.08 Å². The van der Waals surface area contributed by atoms with Crippen molar-refractivity contribution in [1.82, 2.24) is 4.72 Å². The lowest BCUT2D eigenvalue weighted by Gasteiger charge is -2.03. The number of thioether (sulfide) groups is 1. The van der Waals surface area contributed by atoms with E-state index in [1.165, 1.54) is 0 Å². The van der Waals surface area contributed by atoms with E-state index in [1.807, 2.05) is 10.8 Å². The van der Waals surface area contributed by atoms with Gasteiger partial charge < -0.3 is 5.11 Å².